The van der Waals surface area contributed by atoms with E-state index in [2.05, 4.69) is 30.1 Å². The van der Waals surface area contributed by atoms with Gasteiger partial charge < -0.3 is 4.90 Å². The highest BCUT2D eigenvalue weighted by Crippen LogP contribution is 2.22. The Morgan fingerprint density at radius 1 is 1.44 bits per heavy atom. The Kier molecular flexibility index (Phi) is 5.24. The van der Waals surface area contributed by atoms with Crippen molar-refractivity contribution in [3.63, 3.8) is 0 Å². The second-order valence-electron chi connectivity index (χ2n) is 5.08. The number of hydrogen-bond acceptors (Lipinski definition) is 3. The smallest absolute Gasteiger partial charge is 0.116 e. The number of nitriles is 1. The van der Waals surface area contributed by atoms with Crippen LogP contribution in [-0.4, -0.2) is 36.1 Å². The average Bonchev–Trinajstić information content (AvgIpc) is 3.08. The lowest BCUT2D eigenvalue weighted by molar-refractivity contribution is 0.225. The standard InChI is InChI=1S/C13H25N3/c1-4-6-9-16(5-2)11-13(3,10-14)15-12-7-8-12/h12,15H,4-9,11H2,1-3H3. The molecule has 0 heterocycles. The van der Waals surface area contributed by atoms with Gasteiger partial charge in [-0.15, -0.1) is 0 Å². The molecule has 1 N–H and O–H groups in total. The van der Waals surface area contributed by atoms with Gasteiger partial charge in [0.15, 0.2) is 0 Å². The van der Waals surface area contributed by atoms with Crippen LogP contribution in [0, 0.1) is 11.3 Å². The van der Waals surface area contributed by atoms with Gasteiger partial charge in [-0.05, 0) is 39.3 Å². The first-order chi connectivity index (χ1) is 7.63. The summed E-state index contributed by atoms with van der Waals surface area (Å²) in [4.78, 5) is 2.38. The predicted octanol–water partition coefficient (Wildman–Crippen LogP) is 2.14. The molecule has 0 aromatic carbocycles. The summed E-state index contributed by atoms with van der Waals surface area (Å²) in [6.45, 7) is 9.39. The molecule has 0 amide bonds. The third kappa shape index (κ3) is 4.51. The van der Waals surface area contributed by atoms with Crippen molar-refractivity contribution < 1.29 is 0 Å². The number of unbranched alkanes of at least 4 members (excludes halogenated alkanes) is 1. The summed E-state index contributed by atoms with van der Waals surface area (Å²) in [5.74, 6) is 0. The fourth-order valence-corrected chi connectivity index (χ4v) is 1.97. The summed E-state index contributed by atoms with van der Waals surface area (Å²) < 4.78 is 0. The van der Waals surface area contributed by atoms with Crippen LogP contribution in [0.4, 0.5) is 0 Å². The highest BCUT2D eigenvalue weighted by atomic mass is 15.2. The molecule has 1 saturated carbocycles. The second-order valence-corrected chi connectivity index (χ2v) is 5.08. The van der Waals surface area contributed by atoms with E-state index < -0.39 is 0 Å². The molecule has 0 bridgehead atoms. The third-order valence-electron chi connectivity index (χ3n) is 3.16. The van der Waals surface area contributed by atoms with E-state index in [-0.39, 0.29) is 5.54 Å². The first kappa shape index (κ1) is 13.5. The van der Waals surface area contributed by atoms with E-state index >= 15 is 0 Å². The first-order valence-corrected chi connectivity index (χ1v) is 6.55. The van der Waals surface area contributed by atoms with Gasteiger partial charge in [-0.1, -0.05) is 20.3 Å². The zero-order valence-electron chi connectivity index (χ0n) is 10.9. The van der Waals surface area contributed by atoms with Crippen LogP contribution in [0.2, 0.25) is 0 Å². The predicted molar refractivity (Wildman–Crippen MR) is 67.2 cm³/mol. The van der Waals surface area contributed by atoms with Crippen LogP contribution in [0.15, 0.2) is 0 Å². The van der Waals surface area contributed by atoms with Crippen LogP contribution in [0.3, 0.4) is 0 Å². The second kappa shape index (κ2) is 6.22. The Bertz CT molecular complexity index is 242. The van der Waals surface area contributed by atoms with E-state index in [0.717, 1.165) is 19.6 Å². The van der Waals surface area contributed by atoms with E-state index in [1.165, 1.54) is 25.7 Å². The fraction of sp³-hybridized carbons (Fsp3) is 0.923. The Morgan fingerprint density at radius 2 is 2.12 bits per heavy atom. The summed E-state index contributed by atoms with van der Waals surface area (Å²) in [6, 6.07) is 3.03. The lowest BCUT2D eigenvalue weighted by Gasteiger charge is -2.30. The summed E-state index contributed by atoms with van der Waals surface area (Å²) in [5, 5.41) is 12.7. The molecule has 1 unspecified atom stereocenters. The monoisotopic (exact) mass is 223 g/mol. The van der Waals surface area contributed by atoms with E-state index in [1.54, 1.807) is 0 Å². The average molecular weight is 223 g/mol. The number of nitrogens with one attached hydrogen (secondary N) is 1. The van der Waals surface area contributed by atoms with Crippen LogP contribution in [0.25, 0.3) is 0 Å². The quantitative estimate of drug-likeness (QED) is 0.685. The molecule has 0 saturated heterocycles. The van der Waals surface area contributed by atoms with Crippen molar-refractivity contribution >= 4 is 0 Å². The van der Waals surface area contributed by atoms with Crippen LogP contribution in [-0.2, 0) is 0 Å². The summed E-state index contributed by atoms with van der Waals surface area (Å²) >= 11 is 0. The molecular formula is C13H25N3. The summed E-state index contributed by atoms with van der Waals surface area (Å²) in [6.07, 6.45) is 4.91. The van der Waals surface area contributed by atoms with Gasteiger partial charge in [0.05, 0.1) is 6.07 Å². The molecule has 0 aromatic heterocycles. The fourth-order valence-electron chi connectivity index (χ4n) is 1.97. The van der Waals surface area contributed by atoms with Gasteiger partial charge in [-0.2, -0.15) is 5.26 Å². The van der Waals surface area contributed by atoms with Gasteiger partial charge in [0.1, 0.15) is 5.54 Å². The molecule has 0 spiro atoms. The molecule has 1 rings (SSSR count). The van der Waals surface area contributed by atoms with E-state index in [9.17, 15) is 5.26 Å². The van der Waals surface area contributed by atoms with Gasteiger partial charge in [0.25, 0.3) is 0 Å². The number of likely N-dealkylation sites (N-methyl/N-ethyl adjacent to an activating group) is 1. The van der Waals surface area contributed by atoms with Crippen LogP contribution in [0.1, 0.15) is 46.5 Å². The summed E-state index contributed by atoms with van der Waals surface area (Å²) in [7, 11) is 0. The Labute approximate surface area is 99.8 Å². The minimum Gasteiger partial charge on any atom is -0.301 e. The van der Waals surface area contributed by atoms with Gasteiger partial charge in [-0.3, -0.25) is 5.32 Å². The van der Waals surface area contributed by atoms with Crippen molar-refractivity contribution in [3.8, 4) is 6.07 Å². The van der Waals surface area contributed by atoms with Crippen molar-refractivity contribution in [3.05, 3.63) is 0 Å². The molecule has 0 radical (unpaired) electrons. The molecule has 92 valence electrons. The Hall–Kier alpha value is -0.590. The van der Waals surface area contributed by atoms with Crippen molar-refractivity contribution in [1.82, 2.24) is 10.2 Å². The molecule has 16 heavy (non-hydrogen) atoms. The third-order valence-corrected chi connectivity index (χ3v) is 3.16. The molecule has 1 fully saturated rings. The molecule has 3 heteroatoms. The number of hydrogen-bond donors (Lipinski definition) is 1. The van der Waals surface area contributed by atoms with Gasteiger partial charge >= 0.3 is 0 Å². The Morgan fingerprint density at radius 3 is 2.56 bits per heavy atom. The van der Waals surface area contributed by atoms with Gasteiger partial charge in [0, 0.05) is 12.6 Å². The lowest BCUT2D eigenvalue weighted by Crippen LogP contribution is -2.51. The van der Waals surface area contributed by atoms with Crippen molar-refractivity contribution in [2.45, 2.75) is 58.0 Å². The minimum absolute atomic E-state index is 0.370. The van der Waals surface area contributed by atoms with Crippen molar-refractivity contribution in [2.24, 2.45) is 0 Å². The number of nitrogens with zero attached hydrogens (tertiary/aromatic N) is 2. The minimum atomic E-state index is -0.370. The molecule has 1 aliphatic rings. The molecule has 0 aromatic rings. The topological polar surface area (TPSA) is 39.1 Å². The SMILES string of the molecule is CCCCN(CC)CC(C)(C#N)NC1CC1. The highest BCUT2D eigenvalue weighted by Gasteiger charge is 2.33. The molecule has 1 aliphatic carbocycles. The molecular weight excluding hydrogens is 198 g/mol. The van der Waals surface area contributed by atoms with Gasteiger partial charge in [0.2, 0.25) is 0 Å². The molecule has 0 aliphatic heterocycles. The van der Waals surface area contributed by atoms with E-state index in [4.69, 9.17) is 0 Å². The maximum Gasteiger partial charge on any atom is 0.116 e. The maximum atomic E-state index is 9.29. The largest absolute Gasteiger partial charge is 0.301 e. The summed E-state index contributed by atoms with van der Waals surface area (Å²) in [5.41, 5.74) is -0.370. The van der Waals surface area contributed by atoms with Crippen LogP contribution >= 0.6 is 0 Å². The van der Waals surface area contributed by atoms with E-state index in [1.807, 2.05) is 6.92 Å². The normalized spacial score (nSPS) is 19.4. The van der Waals surface area contributed by atoms with Gasteiger partial charge in [-0.25, -0.2) is 0 Å². The zero-order valence-corrected chi connectivity index (χ0v) is 10.9. The number of rotatable bonds is 8. The lowest BCUT2D eigenvalue weighted by atomic mass is 10.0. The van der Waals surface area contributed by atoms with Crippen LogP contribution < -0.4 is 5.32 Å². The Balaban J connectivity index is 2.41. The van der Waals surface area contributed by atoms with Crippen molar-refractivity contribution in [1.29, 1.82) is 5.26 Å². The molecule has 1 atom stereocenters. The zero-order chi connectivity index (χ0) is 12.0. The van der Waals surface area contributed by atoms with Crippen molar-refractivity contribution in [2.75, 3.05) is 19.6 Å². The highest BCUT2D eigenvalue weighted by molar-refractivity contribution is 5.08. The maximum absolute atomic E-state index is 9.29. The molecule has 3 nitrogen and oxygen atoms in total. The van der Waals surface area contributed by atoms with E-state index in [0.29, 0.717) is 6.04 Å². The van der Waals surface area contributed by atoms with Crippen LogP contribution in [0.5, 0.6) is 0 Å². The first-order valence-electron chi connectivity index (χ1n) is 6.55.